The molecule has 2 amide bonds. The molecule has 1 aromatic rings. The summed E-state index contributed by atoms with van der Waals surface area (Å²) in [5.41, 5.74) is 0.710. The first-order chi connectivity index (χ1) is 12.2. The predicted octanol–water partition coefficient (Wildman–Crippen LogP) is 2.24. The molecule has 2 saturated heterocycles. The summed E-state index contributed by atoms with van der Waals surface area (Å²) in [5, 5.41) is 2.67. The van der Waals surface area contributed by atoms with Gasteiger partial charge in [0.15, 0.2) is 0 Å². The Morgan fingerprint density at radius 2 is 2.12 bits per heavy atom. The summed E-state index contributed by atoms with van der Waals surface area (Å²) < 4.78 is 10.4. The molecule has 7 heteroatoms. The number of piperidine rings is 1. The van der Waals surface area contributed by atoms with Crippen LogP contribution in [0.3, 0.4) is 0 Å². The normalized spacial score (nSPS) is 22.0. The topological polar surface area (TPSA) is 84.9 Å². The lowest BCUT2D eigenvalue weighted by atomic mass is 10.0. The SMILES string of the molecule is CC(C)(C)OC(=O)NCc1cccc(C(=O)N2CC[C@@H]3C[C@H]2C(=O)O3)c1. The van der Waals surface area contributed by atoms with Gasteiger partial charge in [0.05, 0.1) is 0 Å². The van der Waals surface area contributed by atoms with Gasteiger partial charge in [-0.15, -0.1) is 0 Å². The van der Waals surface area contributed by atoms with Crippen LogP contribution in [0.15, 0.2) is 24.3 Å². The van der Waals surface area contributed by atoms with E-state index in [0.29, 0.717) is 24.9 Å². The van der Waals surface area contributed by atoms with E-state index in [4.69, 9.17) is 9.47 Å². The van der Waals surface area contributed by atoms with E-state index in [2.05, 4.69) is 5.32 Å². The van der Waals surface area contributed by atoms with Gasteiger partial charge in [-0.3, -0.25) is 4.79 Å². The summed E-state index contributed by atoms with van der Waals surface area (Å²) in [5.74, 6) is -0.505. The van der Waals surface area contributed by atoms with E-state index in [1.54, 1.807) is 43.9 Å². The van der Waals surface area contributed by atoms with Gasteiger partial charge in [-0.25, -0.2) is 9.59 Å². The summed E-state index contributed by atoms with van der Waals surface area (Å²) in [7, 11) is 0. The van der Waals surface area contributed by atoms with Crippen LogP contribution in [-0.4, -0.2) is 47.2 Å². The molecular formula is C19H24N2O5. The molecule has 7 nitrogen and oxygen atoms in total. The van der Waals surface area contributed by atoms with Gasteiger partial charge in [-0.2, -0.15) is 0 Å². The number of carbonyl (C=O) groups is 3. The number of nitrogens with zero attached hydrogens (tertiary/aromatic N) is 1. The van der Waals surface area contributed by atoms with Crippen LogP contribution in [0.4, 0.5) is 4.79 Å². The number of likely N-dealkylation sites (tertiary alicyclic amines) is 1. The van der Waals surface area contributed by atoms with Gasteiger partial charge >= 0.3 is 12.1 Å². The molecule has 1 aromatic carbocycles. The fraction of sp³-hybridized carbons (Fsp3) is 0.526. The van der Waals surface area contributed by atoms with Gasteiger partial charge in [0.2, 0.25) is 0 Å². The minimum atomic E-state index is -0.566. The zero-order valence-corrected chi connectivity index (χ0v) is 15.3. The van der Waals surface area contributed by atoms with E-state index >= 15 is 0 Å². The summed E-state index contributed by atoms with van der Waals surface area (Å²) in [4.78, 5) is 38.1. The van der Waals surface area contributed by atoms with Crippen LogP contribution in [0.1, 0.15) is 49.5 Å². The number of benzene rings is 1. The maximum atomic E-state index is 12.8. The summed E-state index contributed by atoms with van der Waals surface area (Å²) >= 11 is 0. The predicted molar refractivity (Wildman–Crippen MR) is 93.5 cm³/mol. The summed E-state index contributed by atoms with van der Waals surface area (Å²) in [6.07, 6.45) is 0.684. The largest absolute Gasteiger partial charge is 0.461 e. The molecule has 2 aliphatic heterocycles. The molecule has 2 aliphatic rings. The van der Waals surface area contributed by atoms with Crippen LogP contribution in [0.5, 0.6) is 0 Å². The maximum Gasteiger partial charge on any atom is 0.407 e. The Bertz CT molecular complexity index is 725. The van der Waals surface area contributed by atoms with Crippen molar-refractivity contribution in [3.63, 3.8) is 0 Å². The molecule has 2 bridgehead atoms. The monoisotopic (exact) mass is 360 g/mol. The van der Waals surface area contributed by atoms with Crippen molar-refractivity contribution < 1.29 is 23.9 Å². The maximum absolute atomic E-state index is 12.8. The third-order valence-electron chi connectivity index (χ3n) is 4.38. The van der Waals surface area contributed by atoms with E-state index in [1.807, 2.05) is 6.07 Å². The number of amides is 2. The number of nitrogens with one attached hydrogen (secondary N) is 1. The van der Waals surface area contributed by atoms with Gasteiger partial charge in [0.1, 0.15) is 17.7 Å². The van der Waals surface area contributed by atoms with Crippen LogP contribution in [0.2, 0.25) is 0 Å². The summed E-state index contributed by atoms with van der Waals surface area (Å²) in [6, 6.07) is 6.55. The number of hydrogen-bond acceptors (Lipinski definition) is 5. The van der Waals surface area contributed by atoms with Crippen molar-refractivity contribution in [2.75, 3.05) is 6.54 Å². The Morgan fingerprint density at radius 3 is 2.85 bits per heavy atom. The van der Waals surface area contributed by atoms with Crippen molar-refractivity contribution in [1.82, 2.24) is 10.2 Å². The van der Waals surface area contributed by atoms with E-state index in [0.717, 1.165) is 5.56 Å². The molecule has 0 radical (unpaired) electrons. The fourth-order valence-corrected chi connectivity index (χ4v) is 3.22. The Labute approximate surface area is 152 Å². The number of hydrogen-bond donors (Lipinski definition) is 1. The lowest BCUT2D eigenvalue weighted by Crippen LogP contribution is -2.45. The van der Waals surface area contributed by atoms with Gasteiger partial charge in [0.25, 0.3) is 5.91 Å². The molecule has 26 heavy (non-hydrogen) atoms. The average molecular weight is 360 g/mol. The second-order valence-electron chi connectivity index (χ2n) is 7.65. The molecule has 0 unspecified atom stereocenters. The Kier molecular flexibility index (Phi) is 4.89. The molecular weight excluding hydrogens is 336 g/mol. The Balaban J connectivity index is 1.64. The number of fused-ring (bicyclic) bond motifs is 2. The first-order valence-corrected chi connectivity index (χ1v) is 8.80. The lowest BCUT2D eigenvalue weighted by Gasteiger charge is -2.29. The quantitative estimate of drug-likeness (QED) is 0.836. The highest BCUT2D eigenvalue weighted by Crippen LogP contribution is 2.29. The van der Waals surface area contributed by atoms with Crippen molar-refractivity contribution in [3.8, 4) is 0 Å². The van der Waals surface area contributed by atoms with E-state index in [1.165, 1.54) is 0 Å². The van der Waals surface area contributed by atoms with Crippen LogP contribution in [0.25, 0.3) is 0 Å². The molecule has 2 heterocycles. The highest BCUT2D eigenvalue weighted by molar-refractivity contribution is 5.97. The summed E-state index contributed by atoms with van der Waals surface area (Å²) in [6.45, 7) is 6.15. The zero-order valence-electron chi connectivity index (χ0n) is 15.3. The minimum Gasteiger partial charge on any atom is -0.461 e. The second kappa shape index (κ2) is 6.97. The first kappa shape index (κ1) is 18.2. The fourth-order valence-electron chi connectivity index (χ4n) is 3.22. The molecule has 0 aliphatic carbocycles. The van der Waals surface area contributed by atoms with Crippen molar-refractivity contribution in [3.05, 3.63) is 35.4 Å². The minimum absolute atomic E-state index is 0.0547. The van der Waals surface area contributed by atoms with Crippen LogP contribution < -0.4 is 5.32 Å². The molecule has 2 fully saturated rings. The number of alkyl carbamates (subject to hydrolysis) is 1. The van der Waals surface area contributed by atoms with Gasteiger partial charge < -0.3 is 19.7 Å². The van der Waals surface area contributed by atoms with E-state index in [9.17, 15) is 14.4 Å². The smallest absolute Gasteiger partial charge is 0.407 e. The van der Waals surface area contributed by atoms with Crippen molar-refractivity contribution in [2.45, 2.75) is 57.9 Å². The Hall–Kier alpha value is -2.57. The van der Waals surface area contributed by atoms with E-state index in [-0.39, 0.29) is 24.5 Å². The lowest BCUT2D eigenvalue weighted by molar-refractivity contribution is -0.142. The van der Waals surface area contributed by atoms with Crippen molar-refractivity contribution in [1.29, 1.82) is 0 Å². The third kappa shape index (κ3) is 4.15. The van der Waals surface area contributed by atoms with Crippen LogP contribution in [0, 0.1) is 0 Å². The van der Waals surface area contributed by atoms with Crippen LogP contribution in [-0.2, 0) is 20.8 Å². The second-order valence-corrected chi connectivity index (χ2v) is 7.65. The molecule has 0 spiro atoms. The average Bonchev–Trinajstić information content (AvgIpc) is 2.86. The number of rotatable bonds is 3. The molecule has 2 atom stereocenters. The highest BCUT2D eigenvalue weighted by atomic mass is 16.6. The van der Waals surface area contributed by atoms with Gasteiger partial charge in [-0.1, -0.05) is 12.1 Å². The van der Waals surface area contributed by atoms with Crippen LogP contribution >= 0.6 is 0 Å². The highest BCUT2D eigenvalue weighted by Gasteiger charge is 2.44. The number of esters is 1. The van der Waals surface area contributed by atoms with E-state index < -0.39 is 17.7 Å². The van der Waals surface area contributed by atoms with Crippen molar-refractivity contribution in [2.24, 2.45) is 0 Å². The molecule has 0 aromatic heterocycles. The van der Waals surface area contributed by atoms with Crippen molar-refractivity contribution >= 4 is 18.0 Å². The molecule has 0 saturated carbocycles. The van der Waals surface area contributed by atoms with Gasteiger partial charge in [0, 0.05) is 31.5 Å². The first-order valence-electron chi connectivity index (χ1n) is 8.80. The Morgan fingerprint density at radius 1 is 1.35 bits per heavy atom. The number of ether oxygens (including phenoxy) is 2. The molecule has 1 N–H and O–H groups in total. The molecule has 140 valence electrons. The van der Waals surface area contributed by atoms with Gasteiger partial charge in [-0.05, 0) is 38.5 Å². The standard InChI is InChI=1S/C19H24N2O5/c1-19(2,3)26-18(24)20-11-12-5-4-6-13(9-12)16(22)21-8-7-14-10-15(21)17(23)25-14/h4-6,9,14-15H,7-8,10-11H2,1-3H3,(H,20,24)/t14-,15+/m1/s1. The number of carbonyl (C=O) groups excluding carboxylic acids is 3. The zero-order chi connectivity index (χ0) is 18.9. The molecule has 3 rings (SSSR count). The third-order valence-corrected chi connectivity index (χ3v) is 4.38.